The van der Waals surface area contributed by atoms with Crippen LogP contribution in [0.2, 0.25) is 10.0 Å². The smallest absolute Gasteiger partial charge is 0.177 e. The lowest BCUT2D eigenvalue weighted by molar-refractivity contribution is 0.255. The Morgan fingerprint density at radius 3 is 2.39 bits per heavy atom. The molecule has 3 rings (SSSR count). The number of para-hydroxylation sites is 1. The van der Waals surface area contributed by atoms with E-state index in [-0.39, 0.29) is 11.5 Å². The molecule has 1 heterocycles. The number of aromatic nitrogens is 4. The molecular weight excluding hydrogens is 429 g/mol. The molecule has 164 valence electrons. The van der Waals surface area contributed by atoms with Crippen molar-refractivity contribution in [3.63, 3.8) is 0 Å². The molecule has 0 aliphatic rings. The Balaban J connectivity index is 2.00. The topological polar surface area (TPSA) is 55.6 Å². The van der Waals surface area contributed by atoms with Crippen molar-refractivity contribution in [2.45, 2.75) is 52.6 Å². The predicted molar refractivity (Wildman–Crippen MR) is 130 cm³/mol. The van der Waals surface area contributed by atoms with E-state index >= 15 is 0 Å². The third-order valence-corrected chi connectivity index (χ3v) is 6.02. The fourth-order valence-corrected chi connectivity index (χ4v) is 3.93. The summed E-state index contributed by atoms with van der Waals surface area (Å²) in [6.07, 6.45) is 4.92. The Labute approximate surface area is 194 Å². The summed E-state index contributed by atoms with van der Waals surface area (Å²) in [6, 6.07) is 15.5. The van der Waals surface area contributed by atoms with Gasteiger partial charge in [0.2, 0.25) is 0 Å². The molecule has 5 nitrogen and oxygen atoms in total. The van der Waals surface area contributed by atoms with Gasteiger partial charge in [0.15, 0.2) is 5.82 Å². The van der Waals surface area contributed by atoms with Crippen LogP contribution in [-0.2, 0) is 5.54 Å². The summed E-state index contributed by atoms with van der Waals surface area (Å²) in [6.45, 7) is 10.8. The fourth-order valence-electron chi connectivity index (χ4n) is 3.46. The van der Waals surface area contributed by atoms with Gasteiger partial charge in [0.25, 0.3) is 0 Å². The van der Waals surface area contributed by atoms with E-state index in [4.69, 9.17) is 23.2 Å². The van der Waals surface area contributed by atoms with Crippen molar-refractivity contribution < 1.29 is 0 Å². The van der Waals surface area contributed by atoms with Crippen LogP contribution in [0.3, 0.4) is 0 Å². The van der Waals surface area contributed by atoms with Crippen LogP contribution in [-0.4, -0.2) is 20.2 Å². The first-order valence-corrected chi connectivity index (χ1v) is 11.1. The van der Waals surface area contributed by atoms with Crippen LogP contribution in [0.5, 0.6) is 0 Å². The Morgan fingerprint density at radius 2 is 1.77 bits per heavy atom. The van der Waals surface area contributed by atoms with Gasteiger partial charge in [-0.25, -0.2) is 4.68 Å². The predicted octanol–water partition coefficient (Wildman–Crippen LogP) is 7.02. The molecule has 2 atom stereocenters. The Kier molecular flexibility index (Phi) is 7.07. The molecule has 0 aliphatic carbocycles. The van der Waals surface area contributed by atoms with Crippen LogP contribution < -0.4 is 5.32 Å². The van der Waals surface area contributed by atoms with Crippen molar-refractivity contribution in [1.82, 2.24) is 20.2 Å². The lowest BCUT2D eigenvalue weighted by Crippen LogP contribution is -2.37. The molecule has 0 aliphatic heterocycles. The maximum Gasteiger partial charge on any atom is 0.177 e. The Morgan fingerprint density at radius 1 is 1.06 bits per heavy atom. The average Bonchev–Trinajstić information content (AvgIpc) is 3.19. The highest BCUT2D eigenvalue weighted by atomic mass is 35.5. The second-order valence-electron chi connectivity index (χ2n) is 8.96. The molecule has 7 heteroatoms. The van der Waals surface area contributed by atoms with Gasteiger partial charge in [-0.2, -0.15) is 0 Å². The maximum atomic E-state index is 6.38. The number of nitrogens with one attached hydrogen (secondary N) is 1. The maximum absolute atomic E-state index is 6.38. The third kappa shape index (κ3) is 5.46. The van der Waals surface area contributed by atoms with Crippen LogP contribution in [0, 0.1) is 5.41 Å². The highest BCUT2D eigenvalue weighted by molar-refractivity contribution is 6.35. The zero-order valence-corrected chi connectivity index (χ0v) is 20.1. The molecule has 1 N–H and O–H groups in total. The van der Waals surface area contributed by atoms with Gasteiger partial charge in [-0.15, -0.1) is 5.10 Å². The van der Waals surface area contributed by atoms with Gasteiger partial charge in [0.1, 0.15) is 0 Å². The highest BCUT2D eigenvalue weighted by Gasteiger charge is 2.36. The minimum absolute atomic E-state index is 0.0901. The number of benzene rings is 2. The van der Waals surface area contributed by atoms with Gasteiger partial charge in [-0.05, 0) is 59.0 Å². The van der Waals surface area contributed by atoms with Crippen LogP contribution >= 0.6 is 23.2 Å². The zero-order valence-electron chi connectivity index (χ0n) is 18.6. The van der Waals surface area contributed by atoms with Crippen LogP contribution in [0.25, 0.3) is 6.08 Å². The molecule has 0 saturated carbocycles. The molecule has 0 spiro atoms. The molecule has 0 bridgehead atoms. The Hall–Kier alpha value is -2.37. The van der Waals surface area contributed by atoms with E-state index in [2.05, 4.69) is 61.5 Å². The number of halogens is 2. The summed E-state index contributed by atoms with van der Waals surface area (Å²) >= 11 is 12.4. The van der Waals surface area contributed by atoms with E-state index in [1.807, 2.05) is 53.2 Å². The van der Waals surface area contributed by atoms with Crippen molar-refractivity contribution in [3.05, 3.63) is 76.0 Å². The summed E-state index contributed by atoms with van der Waals surface area (Å²) in [5, 5.41) is 17.7. The first-order valence-electron chi connectivity index (χ1n) is 10.4. The normalized spacial score (nSPS) is 15.1. The van der Waals surface area contributed by atoms with E-state index in [0.717, 1.165) is 23.5 Å². The first kappa shape index (κ1) is 23.3. The van der Waals surface area contributed by atoms with E-state index < -0.39 is 5.54 Å². The average molecular weight is 458 g/mol. The number of rotatable bonds is 7. The molecule has 0 amide bonds. The largest absolute Gasteiger partial charge is 0.373 e. The van der Waals surface area contributed by atoms with E-state index in [0.29, 0.717) is 10.0 Å². The summed E-state index contributed by atoms with van der Waals surface area (Å²) < 4.78 is 1.92. The Bertz CT molecular complexity index is 1040. The van der Waals surface area contributed by atoms with Crippen molar-refractivity contribution in [3.8, 4) is 0 Å². The van der Waals surface area contributed by atoms with Crippen molar-refractivity contribution in [2.24, 2.45) is 5.41 Å². The molecule has 1 aromatic heterocycles. The number of tetrazole rings is 1. The van der Waals surface area contributed by atoms with Gasteiger partial charge in [0, 0.05) is 15.7 Å². The van der Waals surface area contributed by atoms with Gasteiger partial charge >= 0.3 is 0 Å². The summed E-state index contributed by atoms with van der Waals surface area (Å²) in [7, 11) is 0. The molecule has 3 aromatic rings. The standard InChI is InChI=1S/C24H29Cl2N5/c1-6-24(5,27-19-10-8-7-9-11-19)22-28-29-30-31(22)21(23(2,3)4)15-13-17-12-14-18(25)16-20(17)26/h7-16,21,27H,6H2,1-5H3/b15-13-/t21-,24+/m1/s1. The second-order valence-corrected chi connectivity index (χ2v) is 9.80. The quantitative estimate of drug-likeness (QED) is 0.413. The van der Waals surface area contributed by atoms with Crippen molar-refractivity contribution in [2.75, 3.05) is 5.32 Å². The molecular formula is C24H29Cl2N5. The van der Waals surface area contributed by atoms with Gasteiger partial charge in [-0.1, -0.05) is 87.3 Å². The van der Waals surface area contributed by atoms with Gasteiger partial charge in [-0.3, -0.25) is 0 Å². The highest BCUT2D eigenvalue weighted by Crippen LogP contribution is 2.36. The van der Waals surface area contributed by atoms with Crippen molar-refractivity contribution in [1.29, 1.82) is 0 Å². The summed E-state index contributed by atoms with van der Waals surface area (Å²) in [5.41, 5.74) is 1.34. The van der Waals surface area contributed by atoms with E-state index in [1.54, 1.807) is 6.07 Å². The zero-order chi connectivity index (χ0) is 22.6. The van der Waals surface area contributed by atoms with Crippen LogP contribution in [0.4, 0.5) is 5.69 Å². The number of allylic oxidation sites excluding steroid dienone is 1. The minimum Gasteiger partial charge on any atom is -0.373 e. The molecule has 31 heavy (non-hydrogen) atoms. The van der Waals surface area contributed by atoms with E-state index in [9.17, 15) is 0 Å². The number of hydrogen-bond acceptors (Lipinski definition) is 4. The number of nitrogens with zero attached hydrogens (tertiary/aromatic N) is 4. The molecule has 2 aromatic carbocycles. The lowest BCUT2D eigenvalue weighted by atomic mass is 9.85. The number of anilines is 1. The first-order chi connectivity index (χ1) is 14.6. The second kappa shape index (κ2) is 9.41. The monoisotopic (exact) mass is 457 g/mol. The molecule has 0 saturated heterocycles. The third-order valence-electron chi connectivity index (χ3n) is 5.46. The molecule has 0 fully saturated rings. The molecule has 0 unspecified atom stereocenters. The lowest BCUT2D eigenvalue weighted by Gasteiger charge is -2.34. The summed E-state index contributed by atoms with van der Waals surface area (Å²) in [5.74, 6) is 0.783. The van der Waals surface area contributed by atoms with E-state index in [1.165, 1.54) is 0 Å². The number of hydrogen-bond donors (Lipinski definition) is 1. The van der Waals surface area contributed by atoms with Crippen LogP contribution in [0.1, 0.15) is 58.5 Å². The summed E-state index contributed by atoms with van der Waals surface area (Å²) in [4.78, 5) is 0. The van der Waals surface area contributed by atoms with Gasteiger partial charge in [0.05, 0.1) is 11.6 Å². The minimum atomic E-state index is -0.444. The molecule has 0 radical (unpaired) electrons. The fraction of sp³-hybridized carbons (Fsp3) is 0.375. The SMILES string of the molecule is CC[C@](C)(Nc1ccccc1)c1nnnn1[C@H](/C=C\c1ccc(Cl)cc1Cl)C(C)(C)C. The van der Waals surface area contributed by atoms with Crippen molar-refractivity contribution >= 4 is 35.0 Å². The van der Waals surface area contributed by atoms with Crippen LogP contribution in [0.15, 0.2) is 54.6 Å². The van der Waals surface area contributed by atoms with Gasteiger partial charge < -0.3 is 5.32 Å².